The summed E-state index contributed by atoms with van der Waals surface area (Å²) in [4.78, 5) is 39.9. The first-order valence-electron chi connectivity index (χ1n) is 11.8. The number of esters is 1. The standard InChI is InChI=1S/C27H33N3O5/c1-5-14-30-19(4)24(26(32)35-16-18(2)3)25(29-27(30)33)20-10-9-11-21(15-20)28-23(31)17-34-22-12-7-6-8-13-22/h6-13,15,18,25H,5,14,16-17H2,1-4H3,(H,28,31)(H,29,33). The maximum absolute atomic E-state index is 13.1. The van der Waals surface area contributed by atoms with E-state index >= 15 is 0 Å². The van der Waals surface area contributed by atoms with Crippen molar-refractivity contribution in [1.82, 2.24) is 10.2 Å². The molecule has 2 aromatic rings. The van der Waals surface area contributed by atoms with Crippen molar-refractivity contribution in [3.05, 3.63) is 71.4 Å². The van der Waals surface area contributed by atoms with Crippen LogP contribution in [0.4, 0.5) is 10.5 Å². The monoisotopic (exact) mass is 479 g/mol. The summed E-state index contributed by atoms with van der Waals surface area (Å²) in [5.41, 5.74) is 2.14. The van der Waals surface area contributed by atoms with Crippen LogP contribution in [0.25, 0.3) is 0 Å². The predicted octanol–water partition coefficient (Wildman–Crippen LogP) is 4.65. The lowest BCUT2D eigenvalue weighted by Crippen LogP contribution is -2.48. The molecular weight excluding hydrogens is 446 g/mol. The van der Waals surface area contributed by atoms with Gasteiger partial charge in [0.1, 0.15) is 5.75 Å². The first kappa shape index (κ1) is 25.8. The summed E-state index contributed by atoms with van der Waals surface area (Å²) in [6.45, 7) is 8.28. The third-order valence-electron chi connectivity index (χ3n) is 5.43. The summed E-state index contributed by atoms with van der Waals surface area (Å²) < 4.78 is 11.0. The Balaban J connectivity index is 1.81. The fourth-order valence-electron chi connectivity index (χ4n) is 3.77. The number of allylic oxidation sites excluding steroid dienone is 1. The Morgan fingerprint density at radius 1 is 1.11 bits per heavy atom. The number of hydrogen-bond donors (Lipinski definition) is 2. The first-order valence-corrected chi connectivity index (χ1v) is 11.8. The maximum atomic E-state index is 13.1. The normalized spacial score (nSPS) is 15.6. The molecule has 186 valence electrons. The average molecular weight is 480 g/mol. The van der Waals surface area contributed by atoms with Crippen LogP contribution < -0.4 is 15.4 Å². The fourth-order valence-corrected chi connectivity index (χ4v) is 3.77. The van der Waals surface area contributed by atoms with Gasteiger partial charge in [0, 0.05) is 17.9 Å². The van der Waals surface area contributed by atoms with Gasteiger partial charge in [-0.1, -0.05) is 51.1 Å². The zero-order chi connectivity index (χ0) is 25.4. The molecule has 1 heterocycles. The molecule has 8 heteroatoms. The lowest BCUT2D eigenvalue weighted by molar-refractivity contribution is -0.140. The Kier molecular flexibility index (Phi) is 8.89. The summed E-state index contributed by atoms with van der Waals surface area (Å²) in [5.74, 6) is -0.00732. The zero-order valence-corrected chi connectivity index (χ0v) is 20.7. The number of carbonyl (C=O) groups excluding carboxylic acids is 3. The van der Waals surface area contributed by atoms with Crippen molar-refractivity contribution in [2.24, 2.45) is 5.92 Å². The summed E-state index contributed by atoms with van der Waals surface area (Å²) in [7, 11) is 0. The van der Waals surface area contributed by atoms with Gasteiger partial charge in [-0.05, 0) is 49.1 Å². The largest absolute Gasteiger partial charge is 0.484 e. The van der Waals surface area contributed by atoms with Crippen molar-refractivity contribution in [3.8, 4) is 5.75 Å². The van der Waals surface area contributed by atoms with Gasteiger partial charge in [0.15, 0.2) is 6.61 Å². The number of amides is 3. The average Bonchev–Trinajstić information content (AvgIpc) is 2.84. The Morgan fingerprint density at radius 2 is 1.86 bits per heavy atom. The quantitative estimate of drug-likeness (QED) is 0.484. The molecule has 0 aromatic heterocycles. The summed E-state index contributed by atoms with van der Waals surface area (Å²) in [6, 6.07) is 15.1. The highest BCUT2D eigenvalue weighted by molar-refractivity contribution is 5.95. The van der Waals surface area contributed by atoms with Crippen molar-refractivity contribution >= 4 is 23.6 Å². The van der Waals surface area contributed by atoms with Gasteiger partial charge in [0.25, 0.3) is 5.91 Å². The van der Waals surface area contributed by atoms with Gasteiger partial charge in [-0.2, -0.15) is 0 Å². The minimum absolute atomic E-state index is 0.147. The highest BCUT2D eigenvalue weighted by Gasteiger charge is 2.36. The number of benzene rings is 2. The van der Waals surface area contributed by atoms with E-state index in [1.54, 1.807) is 48.2 Å². The lowest BCUT2D eigenvalue weighted by atomic mass is 9.94. The molecule has 0 fully saturated rings. The number of hydrogen-bond acceptors (Lipinski definition) is 5. The number of nitrogens with one attached hydrogen (secondary N) is 2. The van der Waals surface area contributed by atoms with E-state index < -0.39 is 12.0 Å². The highest BCUT2D eigenvalue weighted by atomic mass is 16.5. The molecule has 1 unspecified atom stereocenters. The summed E-state index contributed by atoms with van der Waals surface area (Å²) >= 11 is 0. The SMILES string of the molecule is CCCN1C(=O)NC(c2cccc(NC(=O)COc3ccccc3)c2)C(C(=O)OCC(C)C)=C1C. The van der Waals surface area contributed by atoms with Crippen LogP contribution in [0.3, 0.4) is 0 Å². The van der Waals surface area contributed by atoms with Crippen molar-refractivity contribution in [2.75, 3.05) is 25.1 Å². The molecule has 1 aliphatic heterocycles. The number of ether oxygens (including phenoxy) is 2. The molecule has 35 heavy (non-hydrogen) atoms. The van der Waals surface area contributed by atoms with E-state index in [-0.39, 0.29) is 31.1 Å². The first-order chi connectivity index (χ1) is 16.8. The summed E-state index contributed by atoms with van der Waals surface area (Å²) in [5, 5.41) is 5.74. The zero-order valence-electron chi connectivity index (χ0n) is 20.7. The molecular formula is C27H33N3O5. The molecule has 0 saturated heterocycles. The topological polar surface area (TPSA) is 97.0 Å². The lowest BCUT2D eigenvalue weighted by Gasteiger charge is -2.35. The maximum Gasteiger partial charge on any atom is 0.338 e. The van der Waals surface area contributed by atoms with E-state index in [4.69, 9.17) is 9.47 Å². The van der Waals surface area contributed by atoms with Gasteiger partial charge in [0.05, 0.1) is 18.2 Å². The van der Waals surface area contributed by atoms with Crippen molar-refractivity contribution in [2.45, 2.75) is 40.2 Å². The smallest absolute Gasteiger partial charge is 0.338 e. The third-order valence-corrected chi connectivity index (χ3v) is 5.43. The minimum Gasteiger partial charge on any atom is -0.484 e. The third kappa shape index (κ3) is 6.85. The summed E-state index contributed by atoms with van der Waals surface area (Å²) in [6.07, 6.45) is 0.746. The van der Waals surface area contributed by atoms with E-state index in [0.29, 0.717) is 34.8 Å². The van der Waals surface area contributed by atoms with E-state index in [9.17, 15) is 14.4 Å². The number of urea groups is 1. The number of carbonyl (C=O) groups is 3. The minimum atomic E-state index is -0.701. The van der Waals surface area contributed by atoms with Crippen LogP contribution >= 0.6 is 0 Å². The second-order valence-corrected chi connectivity index (χ2v) is 8.80. The van der Waals surface area contributed by atoms with E-state index in [0.717, 1.165) is 6.42 Å². The van der Waals surface area contributed by atoms with Crippen molar-refractivity contribution in [1.29, 1.82) is 0 Å². The molecule has 0 aliphatic carbocycles. The van der Waals surface area contributed by atoms with Crippen LogP contribution in [0.5, 0.6) is 5.75 Å². The van der Waals surface area contributed by atoms with Crippen molar-refractivity contribution in [3.63, 3.8) is 0 Å². The Labute approximate surface area is 206 Å². The predicted molar refractivity (Wildman–Crippen MR) is 134 cm³/mol. The van der Waals surface area contributed by atoms with Gasteiger partial charge in [-0.25, -0.2) is 9.59 Å². The molecule has 0 bridgehead atoms. The Bertz CT molecular complexity index is 1080. The molecule has 8 nitrogen and oxygen atoms in total. The van der Waals surface area contributed by atoms with Gasteiger partial charge in [-0.15, -0.1) is 0 Å². The van der Waals surface area contributed by atoms with E-state index in [2.05, 4.69) is 10.6 Å². The molecule has 3 amide bonds. The number of rotatable bonds is 10. The van der Waals surface area contributed by atoms with Crippen LogP contribution in [0.2, 0.25) is 0 Å². The molecule has 0 spiro atoms. The van der Waals surface area contributed by atoms with Crippen LogP contribution in [-0.2, 0) is 14.3 Å². The van der Waals surface area contributed by atoms with Crippen LogP contribution in [-0.4, -0.2) is 42.6 Å². The Hall–Kier alpha value is -3.81. The second-order valence-electron chi connectivity index (χ2n) is 8.80. The molecule has 1 aliphatic rings. The molecule has 0 radical (unpaired) electrons. The van der Waals surface area contributed by atoms with Gasteiger partial charge < -0.3 is 20.1 Å². The molecule has 1 atom stereocenters. The van der Waals surface area contributed by atoms with E-state index in [1.165, 1.54) is 0 Å². The van der Waals surface area contributed by atoms with Gasteiger partial charge in [-0.3, -0.25) is 9.69 Å². The van der Waals surface area contributed by atoms with Crippen LogP contribution in [0, 0.1) is 5.92 Å². The molecule has 3 rings (SSSR count). The fraction of sp³-hybridized carbons (Fsp3) is 0.370. The van der Waals surface area contributed by atoms with Gasteiger partial charge >= 0.3 is 12.0 Å². The number of para-hydroxylation sites is 1. The van der Waals surface area contributed by atoms with Crippen LogP contribution in [0.15, 0.2) is 65.9 Å². The molecule has 2 N–H and O–H groups in total. The molecule has 0 saturated carbocycles. The molecule has 2 aromatic carbocycles. The second kappa shape index (κ2) is 12.1. The number of nitrogens with zero attached hydrogens (tertiary/aromatic N) is 1. The van der Waals surface area contributed by atoms with Gasteiger partial charge in [0.2, 0.25) is 0 Å². The van der Waals surface area contributed by atoms with E-state index in [1.807, 2.05) is 39.0 Å². The Morgan fingerprint density at radius 3 is 2.54 bits per heavy atom. The number of anilines is 1. The highest BCUT2D eigenvalue weighted by Crippen LogP contribution is 2.32. The van der Waals surface area contributed by atoms with Crippen LogP contribution in [0.1, 0.15) is 45.7 Å². The van der Waals surface area contributed by atoms with Crippen molar-refractivity contribution < 1.29 is 23.9 Å².